The third-order valence-corrected chi connectivity index (χ3v) is 6.21. The minimum absolute atomic E-state index is 0.332. The summed E-state index contributed by atoms with van der Waals surface area (Å²) in [6, 6.07) is 3.54. The molecule has 0 saturated heterocycles. The predicted molar refractivity (Wildman–Crippen MR) is 80.7 cm³/mol. The van der Waals surface area contributed by atoms with Gasteiger partial charge in [-0.2, -0.15) is 0 Å². The van der Waals surface area contributed by atoms with Crippen LogP contribution in [0.15, 0.2) is 16.3 Å². The summed E-state index contributed by atoms with van der Waals surface area (Å²) in [6.07, 6.45) is 3.34. The van der Waals surface area contributed by atoms with Crippen LogP contribution in [0.4, 0.5) is 0 Å². The molecular weight excluding hydrogens is 296 g/mol. The van der Waals surface area contributed by atoms with Gasteiger partial charge >= 0.3 is 0 Å². The van der Waals surface area contributed by atoms with Gasteiger partial charge in [0.15, 0.2) is 0 Å². The molecule has 1 aliphatic carbocycles. The summed E-state index contributed by atoms with van der Waals surface area (Å²) in [5, 5.41) is 3.05. The molecule has 0 aliphatic heterocycles. The van der Waals surface area contributed by atoms with E-state index in [9.17, 15) is 8.42 Å². The van der Waals surface area contributed by atoms with E-state index in [1.54, 1.807) is 6.07 Å². The normalized spacial score (nSPS) is 15.7. The van der Waals surface area contributed by atoms with Crippen LogP contribution in [0.25, 0.3) is 0 Å². The molecule has 1 heterocycles. The lowest BCUT2D eigenvalue weighted by atomic mass is 10.3. The van der Waals surface area contributed by atoms with Gasteiger partial charge in [-0.15, -0.1) is 11.3 Å². The lowest BCUT2D eigenvalue weighted by Gasteiger charge is -2.05. The van der Waals surface area contributed by atoms with E-state index < -0.39 is 10.0 Å². The lowest BCUT2D eigenvalue weighted by molar-refractivity contribution is 0.129. The largest absolute Gasteiger partial charge is 0.380 e. The highest BCUT2D eigenvalue weighted by Crippen LogP contribution is 2.28. The highest BCUT2D eigenvalue weighted by atomic mass is 32.2. The number of thiophene rings is 1. The monoisotopic (exact) mass is 318 g/mol. The van der Waals surface area contributed by atoms with E-state index in [2.05, 4.69) is 10.0 Å². The summed E-state index contributed by atoms with van der Waals surface area (Å²) in [5.74, 6) is 0.707. The fraction of sp³-hybridized carbons (Fsp3) is 0.692. The zero-order chi connectivity index (χ0) is 14.4. The maximum atomic E-state index is 12.1. The molecule has 0 unspecified atom stereocenters. The molecule has 1 fully saturated rings. The topological polar surface area (TPSA) is 67.4 Å². The predicted octanol–water partition coefficient (Wildman–Crippen LogP) is 1.21. The van der Waals surface area contributed by atoms with Crippen LogP contribution in [0.5, 0.6) is 0 Å². The van der Waals surface area contributed by atoms with E-state index in [4.69, 9.17) is 4.74 Å². The number of hydrogen-bond donors (Lipinski definition) is 2. The Morgan fingerprint density at radius 3 is 2.85 bits per heavy atom. The minimum Gasteiger partial charge on any atom is -0.380 e. The van der Waals surface area contributed by atoms with Crippen molar-refractivity contribution >= 4 is 21.4 Å². The summed E-state index contributed by atoms with van der Waals surface area (Å²) in [7, 11) is -1.50. The van der Waals surface area contributed by atoms with Crippen LogP contribution in [0.2, 0.25) is 0 Å². The second kappa shape index (κ2) is 7.51. The maximum Gasteiger partial charge on any atom is 0.250 e. The molecule has 1 saturated carbocycles. The summed E-state index contributed by atoms with van der Waals surface area (Å²) in [6.45, 7) is 2.38. The fourth-order valence-electron chi connectivity index (χ4n) is 1.74. The molecule has 0 amide bonds. The first-order valence-corrected chi connectivity index (χ1v) is 9.22. The van der Waals surface area contributed by atoms with Crippen molar-refractivity contribution < 1.29 is 13.2 Å². The van der Waals surface area contributed by atoms with Crippen molar-refractivity contribution in [2.45, 2.75) is 23.5 Å². The van der Waals surface area contributed by atoms with Crippen LogP contribution >= 0.6 is 11.3 Å². The second-order valence-corrected chi connectivity index (χ2v) is 8.15. The second-order valence-electron chi connectivity index (χ2n) is 4.99. The molecule has 1 aromatic rings. The number of hydrogen-bond acceptors (Lipinski definition) is 5. The van der Waals surface area contributed by atoms with Gasteiger partial charge in [-0.25, -0.2) is 13.1 Å². The van der Waals surface area contributed by atoms with Crippen molar-refractivity contribution in [3.63, 3.8) is 0 Å². The molecule has 7 heteroatoms. The summed E-state index contributed by atoms with van der Waals surface area (Å²) in [4.78, 5) is 1.07. The number of likely N-dealkylation sites (N-methyl/N-ethyl adjacent to an activating group) is 1. The van der Waals surface area contributed by atoms with Gasteiger partial charge in [-0.1, -0.05) is 0 Å². The first-order chi connectivity index (χ1) is 9.62. The van der Waals surface area contributed by atoms with Gasteiger partial charge in [0.2, 0.25) is 10.0 Å². The van der Waals surface area contributed by atoms with Gasteiger partial charge in [0, 0.05) is 18.0 Å². The van der Waals surface area contributed by atoms with Crippen molar-refractivity contribution in [2.75, 3.05) is 33.4 Å². The van der Waals surface area contributed by atoms with Crippen molar-refractivity contribution in [1.82, 2.24) is 10.0 Å². The molecule has 114 valence electrons. The van der Waals surface area contributed by atoms with E-state index in [0.717, 1.165) is 24.4 Å². The van der Waals surface area contributed by atoms with Crippen LogP contribution < -0.4 is 10.0 Å². The molecule has 0 atom stereocenters. The van der Waals surface area contributed by atoms with Gasteiger partial charge < -0.3 is 10.1 Å². The molecule has 5 nitrogen and oxygen atoms in total. The van der Waals surface area contributed by atoms with Crippen LogP contribution in [-0.2, 0) is 21.2 Å². The van der Waals surface area contributed by atoms with Crippen LogP contribution in [0.3, 0.4) is 0 Å². The Morgan fingerprint density at radius 1 is 1.35 bits per heavy atom. The molecule has 0 radical (unpaired) electrons. The van der Waals surface area contributed by atoms with Gasteiger partial charge in [0.1, 0.15) is 4.21 Å². The quantitative estimate of drug-likeness (QED) is 0.637. The third-order valence-electron chi connectivity index (χ3n) is 3.11. The van der Waals surface area contributed by atoms with Crippen molar-refractivity contribution in [2.24, 2.45) is 5.92 Å². The average Bonchev–Trinajstić information content (AvgIpc) is 3.11. The van der Waals surface area contributed by atoms with Crippen LogP contribution in [-0.4, -0.2) is 41.8 Å². The molecule has 2 rings (SSSR count). The van der Waals surface area contributed by atoms with Gasteiger partial charge in [0.25, 0.3) is 0 Å². The van der Waals surface area contributed by atoms with Gasteiger partial charge in [0.05, 0.1) is 6.61 Å². The summed E-state index contributed by atoms with van der Waals surface area (Å²) < 4.78 is 32.5. The Kier molecular flexibility index (Phi) is 5.98. The summed E-state index contributed by atoms with van der Waals surface area (Å²) in [5.41, 5.74) is 0. The van der Waals surface area contributed by atoms with Crippen LogP contribution in [0.1, 0.15) is 17.7 Å². The Morgan fingerprint density at radius 2 is 2.15 bits per heavy atom. The number of ether oxygens (including phenoxy) is 1. The Labute approximate surface area is 124 Å². The molecule has 1 aromatic heterocycles. The fourth-order valence-corrected chi connectivity index (χ4v) is 4.15. The van der Waals surface area contributed by atoms with E-state index in [1.165, 1.54) is 24.2 Å². The van der Waals surface area contributed by atoms with Crippen LogP contribution in [0, 0.1) is 5.92 Å². The first kappa shape index (κ1) is 15.9. The Bertz CT molecular complexity index is 509. The number of nitrogens with one attached hydrogen (secondary N) is 2. The molecular formula is C13H22N2O3S2. The zero-order valence-electron chi connectivity index (χ0n) is 11.7. The van der Waals surface area contributed by atoms with Gasteiger partial charge in [-0.05, 0) is 50.9 Å². The molecule has 1 aliphatic rings. The third kappa shape index (κ3) is 5.14. The maximum absolute atomic E-state index is 12.1. The molecule has 20 heavy (non-hydrogen) atoms. The number of sulfonamides is 1. The van der Waals surface area contributed by atoms with E-state index in [0.29, 0.717) is 23.3 Å². The molecule has 2 N–H and O–H groups in total. The average molecular weight is 318 g/mol. The number of rotatable bonds is 10. The Hall–Kier alpha value is -0.470. The smallest absolute Gasteiger partial charge is 0.250 e. The SMILES string of the molecule is CNCCc1ccc(S(=O)(=O)NCCOCC2CC2)s1. The zero-order valence-corrected chi connectivity index (χ0v) is 13.4. The van der Waals surface area contributed by atoms with E-state index in [1.807, 2.05) is 13.1 Å². The molecule has 0 spiro atoms. The van der Waals surface area contributed by atoms with Crippen molar-refractivity contribution in [3.05, 3.63) is 17.0 Å². The van der Waals surface area contributed by atoms with Gasteiger partial charge in [-0.3, -0.25) is 0 Å². The van der Waals surface area contributed by atoms with Crippen molar-refractivity contribution in [3.8, 4) is 0 Å². The molecule has 0 aromatic carbocycles. The molecule has 0 bridgehead atoms. The van der Waals surface area contributed by atoms with Crippen molar-refractivity contribution in [1.29, 1.82) is 0 Å². The van der Waals surface area contributed by atoms with E-state index in [-0.39, 0.29) is 0 Å². The standard InChI is InChI=1S/C13H22N2O3S2/c1-14-7-6-12-4-5-13(19-12)20(16,17)15-8-9-18-10-11-2-3-11/h4-5,11,14-15H,2-3,6-10H2,1H3. The lowest BCUT2D eigenvalue weighted by Crippen LogP contribution is -2.27. The minimum atomic E-state index is -3.38. The summed E-state index contributed by atoms with van der Waals surface area (Å²) >= 11 is 1.33. The highest BCUT2D eigenvalue weighted by molar-refractivity contribution is 7.91. The Balaban J connectivity index is 1.74. The van der Waals surface area contributed by atoms with E-state index >= 15 is 0 Å². The first-order valence-electron chi connectivity index (χ1n) is 6.92. The highest BCUT2D eigenvalue weighted by Gasteiger charge is 2.21.